The molecule has 1 unspecified atom stereocenters. The van der Waals surface area contributed by atoms with Crippen LogP contribution in [0.15, 0.2) is 48.5 Å². The van der Waals surface area contributed by atoms with Crippen LogP contribution in [0, 0.1) is 11.3 Å². The highest BCUT2D eigenvalue weighted by atomic mass is 19.4. The number of carbonyl (C=O) groups is 1. The molecule has 2 aromatic carbocycles. The zero-order chi connectivity index (χ0) is 29.3. The third kappa shape index (κ3) is 6.98. The normalized spacial score (nSPS) is 27.4. The maximum absolute atomic E-state index is 13.4. The van der Waals surface area contributed by atoms with Gasteiger partial charge in [-0.15, -0.1) is 0 Å². The Labute approximate surface area is 229 Å². The fourth-order valence-corrected chi connectivity index (χ4v) is 5.77. The summed E-state index contributed by atoms with van der Waals surface area (Å²) in [4.78, 5) is 14.0. The molecular formula is C29H33F6NO4. The standard InChI is InChI=1S/C29H33F6NO4/c1-18(21-13-22(28(30,31)32)15-23(14-21)29(33,34)35)40-25-24(19-7-4-3-5-8-19)20(9-12-39-25)16-36-11-6-10-27(2,17-36)26(37)38/h3-5,7-8,13-15,18,20,24-25H,6,9-12,16-17H2,1-2H3,(H,37,38)/t18-,20+,24+,25?,27-/m1/s1. The van der Waals surface area contributed by atoms with E-state index in [1.54, 1.807) is 6.92 Å². The molecule has 2 heterocycles. The molecule has 0 amide bonds. The van der Waals surface area contributed by atoms with Crippen molar-refractivity contribution in [1.29, 1.82) is 0 Å². The Morgan fingerprint density at radius 1 is 1.10 bits per heavy atom. The van der Waals surface area contributed by atoms with Gasteiger partial charge in [-0.1, -0.05) is 30.3 Å². The maximum Gasteiger partial charge on any atom is 0.416 e. The first-order valence-corrected chi connectivity index (χ1v) is 13.2. The zero-order valence-electron chi connectivity index (χ0n) is 22.3. The molecule has 0 saturated carbocycles. The minimum Gasteiger partial charge on any atom is -0.481 e. The van der Waals surface area contributed by atoms with Gasteiger partial charge >= 0.3 is 18.3 Å². The number of piperidine rings is 1. The quantitative estimate of drug-likeness (QED) is 0.357. The smallest absolute Gasteiger partial charge is 0.416 e. The van der Waals surface area contributed by atoms with Crippen molar-refractivity contribution in [2.75, 3.05) is 26.2 Å². The molecule has 0 aromatic heterocycles. The van der Waals surface area contributed by atoms with Gasteiger partial charge in [-0.3, -0.25) is 4.79 Å². The van der Waals surface area contributed by atoms with Crippen LogP contribution in [0.25, 0.3) is 0 Å². The van der Waals surface area contributed by atoms with Gasteiger partial charge in [-0.25, -0.2) is 0 Å². The number of rotatable bonds is 7. The van der Waals surface area contributed by atoms with Crippen LogP contribution in [0.5, 0.6) is 0 Å². The van der Waals surface area contributed by atoms with Crippen LogP contribution in [0.2, 0.25) is 0 Å². The minimum absolute atomic E-state index is 0.0447. The van der Waals surface area contributed by atoms with Gasteiger partial charge in [0.1, 0.15) is 0 Å². The summed E-state index contributed by atoms with van der Waals surface area (Å²) in [7, 11) is 0. The Balaban J connectivity index is 1.61. The molecule has 5 nitrogen and oxygen atoms in total. The molecule has 0 bridgehead atoms. The molecule has 4 rings (SSSR count). The molecule has 40 heavy (non-hydrogen) atoms. The van der Waals surface area contributed by atoms with E-state index in [0.29, 0.717) is 38.1 Å². The zero-order valence-corrected chi connectivity index (χ0v) is 22.3. The number of likely N-dealkylation sites (tertiary alicyclic amines) is 1. The summed E-state index contributed by atoms with van der Waals surface area (Å²) in [6.45, 7) is 5.10. The predicted octanol–water partition coefficient (Wildman–Crippen LogP) is 7.13. The summed E-state index contributed by atoms with van der Waals surface area (Å²) in [6, 6.07) is 10.7. The van der Waals surface area contributed by atoms with E-state index in [4.69, 9.17) is 9.47 Å². The lowest BCUT2D eigenvalue weighted by molar-refractivity contribution is -0.211. The summed E-state index contributed by atoms with van der Waals surface area (Å²) in [5.41, 5.74) is -3.06. The number of carboxylic acids is 1. The van der Waals surface area contributed by atoms with E-state index >= 15 is 0 Å². The van der Waals surface area contributed by atoms with Gasteiger partial charge in [0.2, 0.25) is 0 Å². The number of alkyl halides is 6. The largest absolute Gasteiger partial charge is 0.481 e. The first-order chi connectivity index (χ1) is 18.7. The highest BCUT2D eigenvalue weighted by molar-refractivity contribution is 5.74. The molecule has 5 atom stereocenters. The first kappa shape index (κ1) is 30.3. The van der Waals surface area contributed by atoms with E-state index in [1.165, 1.54) is 6.92 Å². The predicted molar refractivity (Wildman–Crippen MR) is 134 cm³/mol. The molecule has 1 N–H and O–H groups in total. The number of aliphatic carboxylic acids is 1. The van der Waals surface area contributed by atoms with E-state index in [0.717, 1.165) is 18.5 Å². The number of benzene rings is 2. The molecule has 2 aliphatic rings. The summed E-state index contributed by atoms with van der Waals surface area (Å²) in [5, 5.41) is 9.73. The van der Waals surface area contributed by atoms with Gasteiger partial charge in [-0.2, -0.15) is 26.3 Å². The van der Waals surface area contributed by atoms with Crippen molar-refractivity contribution < 1.29 is 45.7 Å². The summed E-state index contributed by atoms with van der Waals surface area (Å²) in [5.74, 6) is -1.27. The van der Waals surface area contributed by atoms with Crippen LogP contribution in [0.4, 0.5) is 26.3 Å². The van der Waals surface area contributed by atoms with Gasteiger partial charge in [0.15, 0.2) is 6.29 Å². The Hall–Kier alpha value is -2.63. The van der Waals surface area contributed by atoms with Crippen molar-refractivity contribution in [3.8, 4) is 0 Å². The molecule has 0 spiro atoms. The van der Waals surface area contributed by atoms with Crippen molar-refractivity contribution in [1.82, 2.24) is 4.90 Å². The molecule has 2 aromatic rings. The molecule has 0 aliphatic carbocycles. The second-order valence-electron chi connectivity index (χ2n) is 11.0. The first-order valence-electron chi connectivity index (χ1n) is 13.2. The van der Waals surface area contributed by atoms with E-state index in [2.05, 4.69) is 4.90 Å². The molecule has 11 heteroatoms. The summed E-state index contributed by atoms with van der Waals surface area (Å²) in [6.07, 6.45) is -10.1. The van der Waals surface area contributed by atoms with E-state index in [1.807, 2.05) is 30.3 Å². The Bertz CT molecular complexity index is 1140. The van der Waals surface area contributed by atoms with Crippen molar-refractivity contribution in [3.63, 3.8) is 0 Å². The van der Waals surface area contributed by atoms with Crippen molar-refractivity contribution in [3.05, 3.63) is 70.8 Å². The fourth-order valence-electron chi connectivity index (χ4n) is 5.77. The lowest BCUT2D eigenvalue weighted by Crippen LogP contribution is -2.49. The lowest BCUT2D eigenvalue weighted by atomic mass is 9.78. The summed E-state index contributed by atoms with van der Waals surface area (Å²) < 4.78 is 92.7. The minimum atomic E-state index is -4.96. The maximum atomic E-state index is 13.4. The van der Waals surface area contributed by atoms with Crippen LogP contribution in [0.3, 0.4) is 0 Å². The van der Waals surface area contributed by atoms with Crippen LogP contribution >= 0.6 is 0 Å². The Kier molecular flexibility index (Phi) is 8.87. The number of hydrogen-bond acceptors (Lipinski definition) is 4. The van der Waals surface area contributed by atoms with Gasteiger partial charge in [0.25, 0.3) is 0 Å². The summed E-state index contributed by atoms with van der Waals surface area (Å²) >= 11 is 0. The second kappa shape index (κ2) is 11.7. The van der Waals surface area contributed by atoms with Gasteiger partial charge in [-0.05, 0) is 74.9 Å². The Morgan fingerprint density at radius 2 is 1.73 bits per heavy atom. The highest BCUT2D eigenvalue weighted by Gasteiger charge is 2.43. The lowest BCUT2D eigenvalue weighted by Gasteiger charge is -2.44. The van der Waals surface area contributed by atoms with Gasteiger partial charge in [0, 0.05) is 19.0 Å². The second-order valence-corrected chi connectivity index (χ2v) is 11.0. The van der Waals surface area contributed by atoms with Gasteiger partial charge in [0.05, 0.1) is 29.3 Å². The van der Waals surface area contributed by atoms with Crippen LogP contribution in [0.1, 0.15) is 67.4 Å². The molecule has 2 fully saturated rings. The molecule has 0 radical (unpaired) electrons. The molecular weight excluding hydrogens is 540 g/mol. The Morgan fingerprint density at radius 3 is 2.30 bits per heavy atom. The number of halogens is 6. The van der Waals surface area contributed by atoms with Crippen LogP contribution in [-0.4, -0.2) is 48.5 Å². The number of carboxylic acid groups (broad SMARTS) is 1. The number of nitrogens with zero attached hydrogens (tertiary/aromatic N) is 1. The average Bonchev–Trinajstić information content (AvgIpc) is 2.88. The third-order valence-electron chi connectivity index (χ3n) is 7.96. The fraction of sp³-hybridized carbons (Fsp3) is 0.552. The third-order valence-corrected chi connectivity index (χ3v) is 7.96. The van der Waals surface area contributed by atoms with E-state index in [-0.39, 0.29) is 30.1 Å². The van der Waals surface area contributed by atoms with E-state index in [9.17, 15) is 36.2 Å². The molecule has 220 valence electrons. The van der Waals surface area contributed by atoms with Crippen molar-refractivity contribution in [2.24, 2.45) is 11.3 Å². The van der Waals surface area contributed by atoms with Crippen LogP contribution < -0.4 is 0 Å². The monoisotopic (exact) mass is 573 g/mol. The SMILES string of the molecule is C[C@@H](OC1OCC[C@@H](CN2CCC[C@@](C)(C(=O)O)C2)[C@@H]1c1ccccc1)c1cc(C(F)(F)F)cc(C(F)(F)F)c1. The molecule has 2 saturated heterocycles. The van der Waals surface area contributed by atoms with Crippen LogP contribution in [-0.2, 0) is 26.6 Å². The van der Waals surface area contributed by atoms with Crippen molar-refractivity contribution in [2.45, 2.75) is 63.8 Å². The van der Waals surface area contributed by atoms with Crippen molar-refractivity contribution >= 4 is 5.97 Å². The number of hydrogen-bond donors (Lipinski definition) is 1. The van der Waals surface area contributed by atoms with E-state index < -0.39 is 47.3 Å². The average molecular weight is 574 g/mol. The molecule has 2 aliphatic heterocycles. The number of ether oxygens (including phenoxy) is 2. The topological polar surface area (TPSA) is 59.0 Å². The van der Waals surface area contributed by atoms with Gasteiger partial charge < -0.3 is 19.5 Å². The highest BCUT2D eigenvalue weighted by Crippen LogP contribution is 2.42.